The lowest BCUT2D eigenvalue weighted by Gasteiger charge is -2.23. The van der Waals surface area contributed by atoms with Gasteiger partial charge in [0.15, 0.2) is 0 Å². The van der Waals surface area contributed by atoms with Gasteiger partial charge < -0.3 is 8.83 Å². The molecule has 2 aliphatic carbocycles. The van der Waals surface area contributed by atoms with Crippen LogP contribution in [0.15, 0.2) is 215 Å². The van der Waals surface area contributed by atoms with Gasteiger partial charge in [-0.1, -0.05) is 172 Å². The third-order valence-corrected chi connectivity index (χ3v) is 14.5. The van der Waals surface area contributed by atoms with Gasteiger partial charge in [-0.05, 0) is 121 Å². The highest BCUT2D eigenvalue weighted by molar-refractivity contribution is 6.14. The summed E-state index contributed by atoms with van der Waals surface area (Å²) in [6.45, 7) is 4.77. The maximum absolute atomic E-state index is 6.45. The molecule has 0 radical (unpaired) electrons. The molecule has 310 valence electrons. The predicted molar refractivity (Wildman–Crippen MR) is 271 cm³/mol. The number of fused-ring (bicyclic) bond motifs is 12. The van der Waals surface area contributed by atoms with Gasteiger partial charge in [-0.25, -0.2) is 4.98 Å². The van der Waals surface area contributed by atoms with Crippen LogP contribution >= 0.6 is 0 Å². The van der Waals surface area contributed by atoms with Crippen LogP contribution in [0.25, 0.3) is 111 Å². The fourth-order valence-corrected chi connectivity index (χ4v) is 11.5. The quantitative estimate of drug-likeness (QED) is 0.173. The molecule has 1 atom stereocenters. The van der Waals surface area contributed by atoms with Crippen molar-refractivity contribution in [2.24, 2.45) is 0 Å². The summed E-state index contributed by atoms with van der Waals surface area (Å²) in [5.41, 5.74) is 23.7. The van der Waals surface area contributed by atoms with Crippen molar-refractivity contribution in [1.82, 2.24) is 4.98 Å². The molecule has 0 bridgehead atoms. The first-order chi connectivity index (χ1) is 32.5. The Morgan fingerprint density at radius 3 is 1.58 bits per heavy atom. The van der Waals surface area contributed by atoms with E-state index in [1.807, 2.05) is 24.3 Å². The van der Waals surface area contributed by atoms with E-state index in [4.69, 9.17) is 13.8 Å². The predicted octanol–water partition coefficient (Wildman–Crippen LogP) is 17.0. The van der Waals surface area contributed by atoms with Crippen LogP contribution in [0, 0.1) is 0 Å². The number of para-hydroxylation sites is 2. The summed E-state index contributed by atoms with van der Waals surface area (Å²) in [4.78, 5) is 5.59. The van der Waals surface area contributed by atoms with Gasteiger partial charge in [0.05, 0.1) is 11.4 Å². The Labute approximate surface area is 382 Å². The van der Waals surface area contributed by atoms with Crippen molar-refractivity contribution in [3.8, 4) is 67.0 Å². The molecule has 0 saturated heterocycles. The molecule has 3 aromatic heterocycles. The number of rotatable bonds is 5. The molecule has 9 aromatic carbocycles. The number of furan rings is 2. The van der Waals surface area contributed by atoms with E-state index in [0.717, 1.165) is 77.5 Å². The highest BCUT2D eigenvalue weighted by Crippen LogP contribution is 2.56. The van der Waals surface area contributed by atoms with Gasteiger partial charge in [0.2, 0.25) is 0 Å². The minimum absolute atomic E-state index is 0.0290. The van der Waals surface area contributed by atoms with E-state index in [-0.39, 0.29) is 11.3 Å². The van der Waals surface area contributed by atoms with E-state index >= 15 is 0 Å². The van der Waals surface area contributed by atoms with Gasteiger partial charge in [-0.3, -0.25) is 0 Å². The molecule has 3 heteroatoms. The van der Waals surface area contributed by atoms with Crippen LogP contribution in [0.1, 0.15) is 47.6 Å². The van der Waals surface area contributed by atoms with Gasteiger partial charge in [0.25, 0.3) is 0 Å². The highest BCUT2D eigenvalue weighted by atomic mass is 16.3. The standard InChI is InChI=1S/C63H41NO2/c1-63(2)52-25-11-8-19-43(52)50-35-49-42-18-6-7-20-44(42)60(51(49)36-53(50)63)41-31-38(37-16-4-3-5-17-37)30-39(32-41)40-33-54(45-23-14-28-58-61(45)47-21-9-12-26-56(47)65-58)64-55(34-40)46-24-15-29-59-62(46)48-22-10-13-27-57(48)66-59/h3-36,60H,1-2H3. The SMILES string of the molecule is CC1(C)c2ccccc2-c2cc3c(cc21)C(c1cc(-c2ccccc2)cc(-c2cc(-c4cccc5oc6ccccc6c45)nc(-c4cccc5oc6ccccc6c45)c2)c1)c1ccccc1-3. The van der Waals surface area contributed by atoms with Crippen molar-refractivity contribution < 1.29 is 8.83 Å². The summed E-state index contributed by atoms with van der Waals surface area (Å²) in [6.07, 6.45) is 0. The minimum Gasteiger partial charge on any atom is -0.456 e. The number of hydrogen-bond donors (Lipinski definition) is 0. The molecule has 0 fully saturated rings. The topological polar surface area (TPSA) is 39.2 Å². The zero-order valence-corrected chi connectivity index (χ0v) is 36.5. The highest BCUT2D eigenvalue weighted by Gasteiger charge is 2.39. The zero-order chi connectivity index (χ0) is 43.7. The van der Waals surface area contributed by atoms with Crippen molar-refractivity contribution >= 4 is 43.9 Å². The van der Waals surface area contributed by atoms with E-state index in [1.54, 1.807) is 0 Å². The molecule has 0 N–H and O–H groups in total. The maximum atomic E-state index is 6.45. The molecule has 0 saturated carbocycles. The molecular formula is C63H41NO2. The Balaban J connectivity index is 1.04. The van der Waals surface area contributed by atoms with Crippen molar-refractivity contribution in [2.45, 2.75) is 25.2 Å². The van der Waals surface area contributed by atoms with E-state index in [1.165, 1.54) is 61.2 Å². The summed E-state index contributed by atoms with van der Waals surface area (Å²) in [5.74, 6) is 0.0290. The first kappa shape index (κ1) is 37.1. The molecule has 1 unspecified atom stereocenters. The van der Waals surface area contributed by atoms with Crippen LogP contribution in [0.4, 0.5) is 0 Å². The average molecular weight is 844 g/mol. The van der Waals surface area contributed by atoms with Gasteiger partial charge in [-0.15, -0.1) is 0 Å². The summed E-state index contributed by atoms with van der Waals surface area (Å²) >= 11 is 0. The van der Waals surface area contributed by atoms with E-state index in [9.17, 15) is 0 Å². The van der Waals surface area contributed by atoms with Crippen LogP contribution < -0.4 is 0 Å². The molecule has 12 aromatic rings. The molecule has 0 amide bonds. The number of pyridine rings is 1. The molecular weight excluding hydrogens is 803 g/mol. The largest absolute Gasteiger partial charge is 0.456 e. The molecule has 3 heterocycles. The molecule has 3 nitrogen and oxygen atoms in total. The Morgan fingerprint density at radius 2 is 0.894 bits per heavy atom. The zero-order valence-electron chi connectivity index (χ0n) is 36.5. The van der Waals surface area contributed by atoms with Crippen molar-refractivity contribution in [3.63, 3.8) is 0 Å². The van der Waals surface area contributed by atoms with Crippen molar-refractivity contribution in [2.75, 3.05) is 0 Å². The van der Waals surface area contributed by atoms with Gasteiger partial charge >= 0.3 is 0 Å². The smallest absolute Gasteiger partial charge is 0.136 e. The molecule has 2 aliphatic rings. The summed E-state index contributed by atoms with van der Waals surface area (Å²) in [7, 11) is 0. The second kappa shape index (κ2) is 13.9. The van der Waals surface area contributed by atoms with Crippen LogP contribution in [0.2, 0.25) is 0 Å². The lowest BCUT2D eigenvalue weighted by atomic mass is 9.79. The Kier molecular flexibility index (Phi) is 7.80. The molecule has 0 spiro atoms. The van der Waals surface area contributed by atoms with Crippen LogP contribution in [0.3, 0.4) is 0 Å². The number of nitrogens with zero attached hydrogens (tertiary/aromatic N) is 1. The molecule has 66 heavy (non-hydrogen) atoms. The van der Waals surface area contributed by atoms with E-state index in [2.05, 4.69) is 196 Å². The normalized spacial score (nSPS) is 14.5. The Hall–Kier alpha value is -8.27. The fourth-order valence-electron chi connectivity index (χ4n) is 11.5. The Morgan fingerprint density at radius 1 is 0.364 bits per heavy atom. The van der Waals surface area contributed by atoms with Crippen molar-refractivity contribution in [3.05, 3.63) is 234 Å². The van der Waals surface area contributed by atoms with Gasteiger partial charge in [0.1, 0.15) is 22.3 Å². The molecule has 0 aliphatic heterocycles. The van der Waals surface area contributed by atoms with Crippen molar-refractivity contribution in [1.29, 1.82) is 0 Å². The number of aromatic nitrogens is 1. The van der Waals surface area contributed by atoms with Crippen LogP contribution in [-0.2, 0) is 5.41 Å². The fraction of sp³-hybridized carbons (Fsp3) is 0.0635. The van der Waals surface area contributed by atoms with Crippen LogP contribution in [0.5, 0.6) is 0 Å². The summed E-state index contributed by atoms with van der Waals surface area (Å²) in [5, 5.41) is 4.27. The number of hydrogen-bond acceptors (Lipinski definition) is 3. The lowest BCUT2D eigenvalue weighted by Crippen LogP contribution is -2.15. The Bertz CT molecular complexity index is 3850. The second-order valence-corrected chi connectivity index (χ2v) is 18.6. The summed E-state index contributed by atoms with van der Waals surface area (Å²) < 4.78 is 12.9. The average Bonchev–Trinajstić information content (AvgIpc) is 4.10. The first-order valence-electron chi connectivity index (χ1n) is 22.9. The van der Waals surface area contributed by atoms with Crippen LogP contribution in [-0.4, -0.2) is 4.98 Å². The monoisotopic (exact) mass is 843 g/mol. The minimum atomic E-state index is -0.118. The second-order valence-electron chi connectivity index (χ2n) is 18.6. The maximum Gasteiger partial charge on any atom is 0.136 e. The number of benzene rings is 9. The van der Waals surface area contributed by atoms with Gasteiger partial charge in [-0.2, -0.15) is 0 Å². The molecule has 14 rings (SSSR count). The van der Waals surface area contributed by atoms with E-state index in [0.29, 0.717) is 0 Å². The third kappa shape index (κ3) is 5.41. The lowest BCUT2D eigenvalue weighted by molar-refractivity contribution is 0.659. The third-order valence-electron chi connectivity index (χ3n) is 14.5. The summed E-state index contributed by atoms with van der Waals surface area (Å²) in [6, 6.07) is 74.9. The first-order valence-corrected chi connectivity index (χ1v) is 22.9. The van der Waals surface area contributed by atoms with Gasteiger partial charge in [0, 0.05) is 44.0 Å². The van der Waals surface area contributed by atoms with E-state index < -0.39 is 0 Å².